The highest BCUT2D eigenvalue weighted by molar-refractivity contribution is 6.09. The number of urea groups is 1. The SMILES string of the molecule is CCCC[C@H](CC)CNC(=O)CN1C(=O)N[C@@](C)(c2cc(F)ccc2F)C1=O. The molecule has 0 saturated carbocycles. The number of unbranched alkanes of at least 4 members (excludes halogenated alkanes) is 1. The molecule has 1 aromatic carbocycles. The molecule has 8 heteroatoms. The Morgan fingerprint density at radius 3 is 2.64 bits per heavy atom. The van der Waals surface area contributed by atoms with Gasteiger partial charge >= 0.3 is 6.03 Å². The van der Waals surface area contributed by atoms with E-state index in [-0.39, 0.29) is 5.56 Å². The van der Waals surface area contributed by atoms with Crippen molar-refractivity contribution in [3.05, 3.63) is 35.4 Å². The number of imide groups is 1. The van der Waals surface area contributed by atoms with Crippen LogP contribution < -0.4 is 10.6 Å². The molecule has 1 heterocycles. The summed E-state index contributed by atoms with van der Waals surface area (Å²) in [4.78, 5) is 37.9. The molecular formula is C20H27F2N3O3. The Kier molecular flexibility index (Phi) is 7.10. The van der Waals surface area contributed by atoms with Crippen molar-refractivity contribution in [1.29, 1.82) is 0 Å². The van der Waals surface area contributed by atoms with Gasteiger partial charge in [0.2, 0.25) is 5.91 Å². The van der Waals surface area contributed by atoms with E-state index >= 15 is 0 Å². The van der Waals surface area contributed by atoms with Crippen LogP contribution in [0.4, 0.5) is 13.6 Å². The van der Waals surface area contributed by atoms with Crippen LogP contribution in [0.15, 0.2) is 18.2 Å². The van der Waals surface area contributed by atoms with Crippen molar-refractivity contribution in [2.24, 2.45) is 5.92 Å². The largest absolute Gasteiger partial charge is 0.354 e. The average molecular weight is 395 g/mol. The van der Waals surface area contributed by atoms with E-state index in [1.165, 1.54) is 6.92 Å². The van der Waals surface area contributed by atoms with Crippen LogP contribution in [-0.4, -0.2) is 35.8 Å². The first-order valence-electron chi connectivity index (χ1n) is 9.59. The van der Waals surface area contributed by atoms with Crippen molar-refractivity contribution in [2.45, 2.75) is 52.0 Å². The summed E-state index contributed by atoms with van der Waals surface area (Å²) in [5.74, 6) is -2.48. The van der Waals surface area contributed by atoms with Crippen LogP contribution >= 0.6 is 0 Å². The normalized spacial score (nSPS) is 20.2. The third kappa shape index (κ3) is 4.66. The van der Waals surface area contributed by atoms with Gasteiger partial charge in [0.15, 0.2) is 0 Å². The Hall–Kier alpha value is -2.51. The van der Waals surface area contributed by atoms with Crippen LogP contribution in [0.2, 0.25) is 0 Å². The monoisotopic (exact) mass is 395 g/mol. The molecule has 154 valence electrons. The number of nitrogens with one attached hydrogen (secondary N) is 2. The van der Waals surface area contributed by atoms with Gasteiger partial charge in [0.1, 0.15) is 23.7 Å². The van der Waals surface area contributed by atoms with E-state index < -0.39 is 41.6 Å². The highest BCUT2D eigenvalue weighted by atomic mass is 19.1. The van der Waals surface area contributed by atoms with Crippen LogP contribution in [-0.2, 0) is 15.1 Å². The standard InChI is InChI=1S/C20H27F2N3O3/c1-4-6-7-13(5-2)11-23-17(26)12-25-18(27)20(3,24-19(25)28)15-10-14(21)8-9-16(15)22/h8-10,13H,4-7,11-12H2,1-3H3,(H,23,26)(H,24,28)/t13-,20-/m0/s1. The fourth-order valence-electron chi connectivity index (χ4n) is 3.30. The maximum absolute atomic E-state index is 14.1. The molecule has 1 aromatic rings. The topological polar surface area (TPSA) is 78.5 Å². The van der Waals surface area contributed by atoms with Gasteiger partial charge in [-0.15, -0.1) is 0 Å². The van der Waals surface area contributed by atoms with Crippen molar-refractivity contribution in [3.63, 3.8) is 0 Å². The van der Waals surface area contributed by atoms with E-state index in [0.29, 0.717) is 12.5 Å². The number of rotatable bonds is 9. The van der Waals surface area contributed by atoms with Crippen molar-refractivity contribution >= 4 is 17.8 Å². The molecule has 0 radical (unpaired) electrons. The lowest BCUT2D eigenvalue weighted by molar-refractivity contribution is -0.134. The van der Waals surface area contributed by atoms with Gasteiger partial charge < -0.3 is 10.6 Å². The summed E-state index contributed by atoms with van der Waals surface area (Å²) < 4.78 is 27.7. The van der Waals surface area contributed by atoms with Gasteiger partial charge in [-0.25, -0.2) is 13.6 Å². The number of amides is 4. The lowest BCUT2D eigenvalue weighted by Gasteiger charge is -2.23. The zero-order chi connectivity index (χ0) is 20.9. The third-order valence-corrected chi connectivity index (χ3v) is 5.17. The Morgan fingerprint density at radius 2 is 2.00 bits per heavy atom. The number of nitrogens with zero attached hydrogens (tertiary/aromatic N) is 1. The van der Waals surface area contributed by atoms with Crippen molar-refractivity contribution in [1.82, 2.24) is 15.5 Å². The molecule has 1 saturated heterocycles. The summed E-state index contributed by atoms with van der Waals surface area (Å²) in [6, 6.07) is 1.88. The third-order valence-electron chi connectivity index (χ3n) is 5.17. The van der Waals surface area contributed by atoms with Crippen molar-refractivity contribution in [3.8, 4) is 0 Å². The van der Waals surface area contributed by atoms with E-state index in [0.717, 1.165) is 48.8 Å². The van der Waals surface area contributed by atoms with Crippen LogP contribution in [0.25, 0.3) is 0 Å². The smallest absolute Gasteiger partial charge is 0.325 e. The molecule has 0 bridgehead atoms. The van der Waals surface area contributed by atoms with Crippen LogP contribution in [0, 0.1) is 17.6 Å². The fourth-order valence-corrected chi connectivity index (χ4v) is 3.30. The molecule has 2 atom stereocenters. The Labute approximate surface area is 163 Å². The molecule has 4 amide bonds. The van der Waals surface area contributed by atoms with E-state index in [4.69, 9.17) is 0 Å². The Balaban J connectivity index is 2.05. The first kappa shape index (κ1) is 21.8. The van der Waals surface area contributed by atoms with Crippen LogP contribution in [0.5, 0.6) is 0 Å². The number of carbonyl (C=O) groups excluding carboxylic acids is 3. The average Bonchev–Trinajstić information content (AvgIpc) is 2.87. The molecule has 1 fully saturated rings. The van der Waals surface area contributed by atoms with E-state index in [9.17, 15) is 23.2 Å². The second-order valence-electron chi connectivity index (χ2n) is 7.29. The molecule has 2 N–H and O–H groups in total. The lowest BCUT2D eigenvalue weighted by Crippen LogP contribution is -2.44. The second-order valence-corrected chi connectivity index (χ2v) is 7.29. The molecule has 0 aromatic heterocycles. The highest BCUT2D eigenvalue weighted by Crippen LogP contribution is 2.31. The Morgan fingerprint density at radius 1 is 1.29 bits per heavy atom. The minimum Gasteiger partial charge on any atom is -0.354 e. The number of carbonyl (C=O) groups is 3. The molecule has 1 aliphatic rings. The summed E-state index contributed by atoms with van der Waals surface area (Å²) >= 11 is 0. The van der Waals surface area contributed by atoms with Gasteiger partial charge in [0.05, 0.1) is 0 Å². The lowest BCUT2D eigenvalue weighted by atomic mass is 9.91. The van der Waals surface area contributed by atoms with Gasteiger partial charge in [-0.05, 0) is 37.5 Å². The zero-order valence-electron chi connectivity index (χ0n) is 16.5. The molecule has 1 aliphatic heterocycles. The van der Waals surface area contributed by atoms with Crippen LogP contribution in [0.3, 0.4) is 0 Å². The Bertz CT molecular complexity index is 756. The maximum atomic E-state index is 14.1. The number of hydrogen-bond acceptors (Lipinski definition) is 3. The maximum Gasteiger partial charge on any atom is 0.325 e. The predicted molar refractivity (Wildman–Crippen MR) is 100 cm³/mol. The molecule has 2 rings (SSSR count). The quantitative estimate of drug-likeness (QED) is 0.631. The van der Waals surface area contributed by atoms with E-state index in [1.807, 2.05) is 6.92 Å². The minimum atomic E-state index is -1.77. The number of benzene rings is 1. The fraction of sp³-hybridized carbons (Fsp3) is 0.550. The zero-order valence-corrected chi connectivity index (χ0v) is 16.5. The van der Waals surface area contributed by atoms with Gasteiger partial charge in [0, 0.05) is 12.1 Å². The van der Waals surface area contributed by atoms with E-state index in [2.05, 4.69) is 17.6 Å². The molecule has 6 nitrogen and oxygen atoms in total. The number of hydrogen-bond donors (Lipinski definition) is 2. The predicted octanol–water partition coefficient (Wildman–Crippen LogP) is 3.06. The van der Waals surface area contributed by atoms with Crippen LogP contribution in [0.1, 0.15) is 52.0 Å². The summed E-state index contributed by atoms with van der Waals surface area (Å²) in [6.07, 6.45) is 4.05. The molecular weight excluding hydrogens is 368 g/mol. The summed E-state index contributed by atoms with van der Waals surface area (Å²) in [5, 5.41) is 5.13. The number of halogens is 2. The first-order chi connectivity index (χ1) is 13.2. The molecule has 0 aliphatic carbocycles. The van der Waals surface area contributed by atoms with Crippen molar-refractivity contribution in [2.75, 3.05) is 13.1 Å². The summed E-state index contributed by atoms with van der Waals surface area (Å²) in [6.45, 7) is 5.43. The van der Waals surface area contributed by atoms with Gasteiger partial charge in [0.25, 0.3) is 5.91 Å². The molecule has 0 spiro atoms. The molecule has 28 heavy (non-hydrogen) atoms. The highest BCUT2D eigenvalue weighted by Gasteiger charge is 2.50. The van der Waals surface area contributed by atoms with E-state index in [1.54, 1.807) is 0 Å². The van der Waals surface area contributed by atoms with Gasteiger partial charge in [-0.3, -0.25) is 14.5 Å². The van der Waals surface area contributed by atoms with Gasteiger partial charge in [-0.1, -0.05) is 33.1 Å². The summed E-state index contributed by atoms with van der Waals surface area (Å²) in [5.41, 5.74) is -2.05. The summed E-state index contributed by atoms with van der Waals surface area (Å²) in [7, 11) is 0. The minimum absolute atomic E-state index is 0.278. The van der Waals surface area contributed by atoms with Gasteiger partial charge in [-0.2, -0.15) is 0 Å². The first-order valence-corrected chi connectivity index (χ1v) is 9.59. The molecule has 0 unspecified atom stereocenters. The van der Waals surface area contributed by atoms with Crippen molar-refractivity contribution < 1.29 is 23.2 Å². The second kappa shape index (κ2) is 9.12.